The number of rotatable bonds is 2. The zero-order chi connectivity index (χ0) is 14.5. The minimum absolute atomic E-state index is 0.212. The van der Waals surface area contributed by atoms with Crippen LogP contribution < -0.4 is 10.6 Å². The van der Waals surface area contributed by atoms with Gasteiger partial charge in [-0.05, 0) is 44.7 Å². The molecule has 0 saturated carbocycles. The summed E-state index contributed by atoms with van der Waals surface area (Å²) in [6, 6.07) is 0. The Balaban J connectivity index is 2.12. The first kappa shape index (κ1) is 13.8. The summed E-state index contributed by atoms with van der Waals surface area (Å²) in [4.78, 5) is 14.2. The summed E-state index contributed by atoms with van der Waals surface area (Å²) in [6.07, 6.45) is 1.14. The van der Waals surface area contributed by atoms with E-state index >= 15 is 0 Å². The molecule has 1 aliphatic rings. The molecule has 20 heavy (non-hydrogen) atoms. The highest BCUT2D eigenvalue weighted by Gasteiger charge is 2.34. The first-order valence-electron chi connectivity index (χ1n) is 7.13. The number of aryl methyl sites for hydroxylation is 3. The van der Waals surface area contributed by atoms with E-state index in [9.17, 15) is 0 Å². The molecular weight excluding hydrogens is 268 g/mol. The third kappa shape index (κ3) is 2.09. The van der Waals surface area contributed by atoms with Gasteiger partial charge in [0.2, 0.25) is 0 Å². The number of anilines is 1. The Bertz CT molecular complexity index is 663. The maximum absolute atomic E-state index is 5.93. The lowest BCUT2D eigenvalue weighted by molar-refractivity contribution is 0.383. The van der Waals surface area contributed by atoms with Crippen LogP contribution in [0.5, 0.6) is 0 Å². The number of fused-ring (bicyclic) bond motifs is 1. The van der Waals surface area contributed by atoms with Gasteiger partial charge >= 0.3 is 0 Å². The van der Waals surface area contributed by atoms with Crippen LogP contribution in [0.3, 0.4) is 0 Å². The standard InChI is InChI=1S/C15H22N4S/c1-9-10(2)20-14-12(9)13(17-11(3)18-14)19-6-5-15(4,7-16)8-19/h5-8,16H2,1-4H3. The van der Waals surface area contributed by atoms with E-state index in [-0.39, 0.29) is 5.41 Å². The first-order valence-corrected chi connectivity index (χ1v) is 7.94. The molecule has 4 nitrogen and oxygen atoms in total. The third-order valence-electron chi connectivity index (χ3n) is 4.47. The molecule has 108 valence electrons. The Morgan fingerprint density at radius 2 is 2.05 bits per heavy atom. The minimum atomic E-state index is 0.212. The zero-order valence-corrected chi connectivity index (χ0v) is 13.5. The fourth-order valence-corrected chi connectivity index (χ4v) is 4.00. The highest BCUT2D eigenvalue weighted by atomic mass is 32.1. The Labute approximate surface area is 124 Å². The molecule has 0 aliphatic carbocycles. The number of nitrogens with zero attached hydrogens (tertiary/aromatic N) is 3. The second-order valence-electron chi connectivity index (χ2n) is 6.24. The lowest BCUT2D eigenvalue weighted by Gasteiger charge is -2.24. The van der Waals surface area contributed by atoms with Gasteiger partial charge in [-0.25, -0.2) is 9.97 Å². The van der Waals surface area contributed by atoms with Gasteiger partial charge in [-0.2, -0.15) is 0 Å². The highest BCUT2D eigenvalue weighted by molar-refractivity contribution is 7.18. The molecule has 2 aromatic rings. The highest BCUT2D eigenvalue weighted by Crippen LogP contribution is 2.38. The van der Waals surface area contributed by atoms with Crippen LogP contribution in [0.2, 0.25) is 0 Å². The molecule has 0 spiro atoms. The summed E-state index contributed by atoms with van der Waals surface area (Å²) >= 11 is 1.77. The van der Waals surface area contributed by atoms with Crippen molar-refractivity contribution in [3.8, 4) is 0 Å². The van der Waals surface area contributed by atoms with Crippen molar-refractivity contribution < 1.29 is 0 Å². The molecule has 1 aliphatic heterocycles. The number of aromatic nitrogens is 2. The lowest BCUT2D eigenvalue weighted by Crippen LogP contribution is -2.31. The fourth-order valence-electron chi connectivity index (χ4n) is 2.93. The second-order valence-corrected chi connectivity index (χ2v) is 7.45. The first-order chi connectivity index (χ1) is 9.43. The molecule has 3 heterocycles. The summed E-state index contributed by atoms with van der Waals surface area (Å²) in [6.45, 7) is 11.3. The zero-order valence-electron chi connectivity index (χ0n) is 12.7. The van der Waals surface area contributed by atoms with E-state index in [0.717, 1.165) is 42.5 Å². The maximum atomic E-state index is 5.93. The van der Waals surface area contributed by atoms with E-state index in [0.29, 0.717) is 0 Å². The topological polar surface area (TPSA) is 55.0 Å². The molecule has 5 heteroatoms. The molecule has 2 aromatic heterocycles. The Kier molecular flexibility index (Phi) is 3.21. The SMILES string of the molecule is Cc1nc(N2CCC(C)(CN)C2)c2c(C)c(C)sc2n1. The van der Waals surface area contributed by atoms with Gasteiger partial charge in [-0.15, -0.1) is 11.3 Å². The van der Waals surface area contributed by atoms with Crippen molar-refractivity contribution >= 4 is 27.4 Å². The maximum Gasteiger partial charge on any atom is 0.141 e. The van der Waals surface area contributed by atoms with Gasteiger partial charge < -0.3 is 10.6 Å². The van der Waals surface area contributed by atoms with Gasteiger partial charge in [0.25, 0.3) is 0 Å². The fraction of sp³-hybridized carbons (Fsp3) is 0.600. The van der Waals surface area contributed by atoms with Gasteiger partial charge in [0.1, 0.15) is 16.5 Å². The number of hydrogen-bond acceptors (Lipinski definition) is 5. The molecule has 1 unspecified atom stereocenters. The largest absolute Gasteiger partial charge is 0.355 e. The van der Waals surface area contributed by atoms with E-state index in [1.165, 1.54) is 15.8 Å². The van der Waals surface area contributed by atoms with Gasteiger partial charge in [-0.1, -0.05) is 6.92 Å². The normalized spacial score (nSPS) is 22.9. The van der Waals surface area contributed by atoms with E-state index in [2.05, 4.69) is 30.7 Å². The van der Waals surface area contributed by atoms with Gasteiger partial charge in [0.05, 0.1) is 5.39 Å². The van der Waals surface area contributed by atoms with Gasteiger partial charge in [-0.3, -0.25) is 0 Å². The summed E-state index contributed by atoms with van der Waals surface area (Å²) in [5.74, 6) is 1.96. The van der Waals surface area contributed by atoms with Crippen molar-refractivity contribution in [3.05, 3.63) is 16.3 Å². The van der Waals surface area contributed by atoms with Gasteiger partial charge in [0, 0.05) is 18.0 Å². The van der Waals surface area contributed by atoms with Gasteiger partial charge in [0.15, 0.2) is 0 Å². The molecule has 0 bridgehead atoms. The Morgan fingerprint density at radius 3 is 2.70 bits per heavy atom. The molecule has 0 amide bonds. The van der Waals surface area contributed by atoms with Crippen LogP contribution >= 0.6 is 11.3 Å². The molecule has 0 radical (unpaired) electrons. The minimum Gasteiger partial charge on any atom is -0.355 e. The van der Waals surface area contributed by atoms with Crippen molar-refractivity contribution in [1.29, 1.82) is 0 Å². The van der Waals surface area contributed by atoms with Crippen LogP contribution in [0.15, 0.2) is 0 Å². The predicted octanol–water partition coefficient (Wildman–Crippen LogP) is 2.79. The summed E-state index contributed by atoms with van der Waals surface area (Å²) < 4.78 is 0. The summed E-state index contributed by atoms with van der Waals surface area (Å²) in [7, 11) is 0. The molecule has 1 saturated heterocycles. The second kappa shape index (κ2) is 4.67. The lowest BCUT2D eigenvalue weighted by atomic mass is 9.90. The van der Waals surface area contributed by atoms with Crippen LogP contribution in [0, 0.1) is 26.2 Å². The Morgan fingerprint density at radius 1 is 1.30 bits per heavy atom. The molecule has 1 atom stereocenters. The van der Waals surface area contributed by atoms with E-state index in [4.69, 9.17) is 10.7 Å². The molecular formula is C15H22N4S. The van der Waals surface area contributed by atoms with Crippen LogP contribution in [-0.2, 0) is 0 Å². The monoisotopic (exact) mass is 290 g/mol. The predicted molar refractivity (Wildman–Crippen MR) is 85.6 cm³/mol. The number of nitrogens with two attached hydrogens (primary N) is 1. The third-order valence-corrected chi connectivity index (χ3v) is 5.57. The summed E-state index contributed by atoms with van der Waals surface area (Å²) in [5.41, 5.74) is 7.46. The van der Waals surface area contributed by atoms with Crippen molar-refractivity contribution in [1.82, 2.24) is 9.97 Å². The molecule has 3 rings (SSSR count). The molecule has 2 N–H and O–H groups in total. The quantitative estimate of drug-likeness (QED) is 0.924. The van der Waals surface area contributed by atoms with Crippen molar-refractivity contribution in [2.45, 2.75) is 34.1 Å². The van der Waals surface area contributed by atoms with Crippen LogP contribution in [0.25, 0.3) is 10.2 Å². The molecule has 0 aromatic carbocycles. The van der Waals surface area contributed by atoms with Crippen LogP contribution in [0.1, 0.15) is 29.6 Å². The average molecular weight is 290 g/mol. The number of thiophene rings is 1. The smallest absolute Gasteiger partial charge is 0.141 e. The van der Waals surface area contributed by atoms with Crippen molar-refractivity contribution in [2.75, 3.05) is 24.5 Å². The Hall–Kier alpha value is -1.20. The van der Waals surface area contributed by atoms with Crippen LogP contribution in [0.4, 0.5) is 5.82 Å². The van der Waals surface area contributed by atoms with Crippen molar-refractivity contribution in [3.63, 3.8) is 0 Å². The molecule has 1 fully saturated rings. The average Bonchev–Trinajstić information content (AvgIpc) is 2.92. The van der Waals surface area contributed by atoms with Crippen molar-refractivity contribution in [2.24, 2.45) is 11.1 Å². The number of hydrogen-bond donors (Lipinski definition) is 1. The van der Waals surface area contributed by atoms with Crippen LogP contribution in [-0.4, -0.2) is 29.6 Å². The summed E-state index contributed by atoms with van der Waals surface area (Å²) in [5, 5.41) is 1.24. The van der Waals surface area contributed by atoms with E-state index in [1.807, 2.05) is 6.92 Å². The van der Waals surface area contributed by atoms with E-state index < -0.39 is 0 Å². The van der Waals surface area contributed by atoms with E-state index in [1.54, 1.807) is 11.3 Å².